The van der Waals surface area contributed by atoms with Crippen molar-refractivity contribution in [2.24, 2.45) is 5.73 Å². The van der Waals surface area contributed by atoms with Gasteiger partial charge in [-0.05, 0) is 33.5 Å². The summed E-state index contributed by atoms with van der Waals surface area (Å²) in [4.78, 5) is 58.4. The summed E-state index contributed by atoms with van der Waals surface area (Å²) in [5, 5.41) is 7.94. The topological polar surface area (TPSA) is 132 Å². The summed E-state index contributed by atoms with van der Waals surface area (Å²) in [6, 6.07) is 19.9. The van der Waals surface area contributed by atoms with E-state index < -0.39 is 29.4 Å². The van der Waals surface area contributed by atoms with Gasteiger partial charge in [-0.3, -0.25) is 19.3 Å². The third-order valence-corrected chi connectivity index (χ3v) is 11.2. The number of nitrogens with two attached hydrogens (primary N) is 1. The predicted octanol–water partition coefficient (Wildman–Crippen LogP) is 4.51. The van der Waals surface area contributed by atoms with Gasteiger partial charge in [-0.25, -0.2) is 9.78 Å². The fourth-order valence-electron chi connectivity index (χ4n) is 4.91. The standard InChI is InChI=1S/C31H26N4O5S4/c32-23(36)14-21-16-43-31(33-21)44-22-17-42-29-25(34-24(37)13-18-11-12-41-15-18)28(38)35(29)26(22)30(39)40-27(19-7-3-1-4-8-19)20-9-5-2-6-10-20/h1-12,15-16,25,27,29H,13-14,17H2,(H2,32,36)(H,34,37)/t25-,29-/m1/s1. The van der Waals surface area contributed by atoms with Crippen molar-refractivity contribution in [2.45, 2.75) is 34.7 Å². The molecule has 1 fully saturated rings. The smallest absolute Gasteiger partial charge is 0.356 e. The average Bonchev–Trinajstić information content (AvgIpc) is 3.71. The van der Waals surface area contributed by atoms with Gasteiger partial charge >= 0.3 is 5.97 Å². The molecule has 2 aromatic carbocycles. The Bertz CT molecular complexity index is 1670. The van der Waals surface area contributed by atoms with E-state index in [1.165, 1.54) is 51.1 Å². The average molecular weight is 663 g/mol. The Morgan fingerprint density at radius 2 is 1.73 bits per heavy atom. The first-order chi connectivity index (χ1) is 21.4. The lowest BCUT2D eigenvalue weighted by Gasteiger charge is -2.49. The number of thiazole rings is 1. The van der Waals surface area contributed by atoms with E-state index in [9.17, 15) is 19.2 Å². The number of carbonyl (C=O) groups is 4. The molecule has 13 heteroatoms. The number of nitrogens with zero attached hydrogens (tertiary/aromatic N) is 2. The molecule has 9 nitrogen and oxygen atoms in total. The van der Waals surface area contributed by atoms with Crippen LogP contribution < -0.4 is 11.1 Å². The van der Waals surface area contributed by atoms with E-state index in [0.717, 1.165) is 16.7 Å². The molecule has 0 radical (unpaired) electrons. The number of fused-ring (bicyclic) bond motifs is 1. The van der Waals surface area contributed by atoms with Crippen molar-refractivity contribution in [2.75, 3.05) is 5.75 Å². The molecule has 4 aromatic rings. The van der Waals surface area contributed by atoms with Gasteiger partial charge in [0.05, 0.1) is 18.5 Å². The lowest BCUT2D eigenvalue weighted by molar-refractivity contribution is -0.154. The van der Waals surface area contributed by atoms with Crippen LogP contribution in [0.2, 0.25) is 0 Å². The molecule has 2 aliphatic rings. The fourth-order valence-corrected chi connectivity index (χ4v) is 9.05. The highest BCUT2D eigenvalue weighted by atomic mass is 32.2. The zero-order valence-electron chi connectivity index (χ0n) is 23.1. The van der Waals surface area contributed by atoms with Crippen molar-refractivity contribution < 1.29 is 23.9 Å². The van der Waals surface area contributed by atoms with Crippen molar-refractivity contribution in [1.29, 1.82) is 0 Å². The number of β-lactam (4-membered cyclic amide) rings is 1. The van der Waals surface area contributed by atoms with Crippen LogP contribution in [0.25, 0.3) is 0 Å². The molecule has 0 aliphatic carbocycles. The van der Waals surface area contributed by atoms with Gasteiger partial charge < -0.3 is 15.8 Å². The molecule has 0 bridgehead atoms. The van der Waals surface area contributed by atoms with Crippen molar-refractivity contribution in [3.63, 3.8) is 0 Å². The zero-order chi connectivity index (χ0) is 30.6. The zero-order valence-corrected chi connectivity index (χ0v) is 26.3. The Kier molecular flexibility index (Phi) is 9.17. The number of aromatic nitrogens is 1. The number of carbonyl (C=O) groups excluding carboxylic acids is 4. The third kappa shape index (κ3) is 6.60. The van der Waals surface area contributed by atoms with Crippen LogP contribution in [0.1, 0.15) is 28.5 Å². The maximum absolute atomic E-state index is 14.1. The minimum absolute atomic E-state index is 0.00896. The number of nitrogens with one attached hydrogen (secondary N) is 1. The quantitative estimate of drug-likeness (QED) is 0.177. The number of hydrogen-bond acceptors (Lipinski definition) is 10. The molecular weight excluding hydrogens is 637 g/mol. The van der Waals surface area contributed by atoms with Crippen LogP contribution in [-0.2, 0) is 36.8 Å². The summed E-state index contributed by atoms with van der Waals surface area (Å²) in [5.41, 5.74) is 8.46. The van der Waals surface area contributed by atoms with Crippen LogP contribution in [0.5, 0.6) is 0 Å². The molecule has 2 aromatic heterocycles. The molecule has 2 atom stereocenters. The molecule has 0 unspecified atom stereocenters. The highest BCUT2D eigenvalue weighted by Crippen LogP contribution is 2.46. The summed E-state index contributed by atoms with van der Waals surface area (Å²) in [6.45, 7) is 0. The lowest BCUT2D eigenvalue weighted by atomic mass is 10.0. The highest BCUT2D eigenvalue weighted by Gasteiger charge is 2.55. The molecular formula is C31H26N4O5S4. The molecule has 6 rings (SSSR count). The molecule has 0 spiro atoms. The van der Waals surface area contributed by atoms with Gasteiger partial charge in [0.2, 0.25) is 11.8 Å². The second-order valence-corrected chi connectivity index (χ2v) is 14.1. The fraction of sp³-hybridized carbons (Fsp3) is 0.194. The second kappa shape index (κ2) is 13.4. The number of esters is 1. The number of rotatable bonds is 11. The number of hydrogen-bond donors (Lipinski definition) is 2. The van der Waals surface area contributed by atoms with Gasteiger partial charge in [0.1, 0.15) is 17.1 Å². The molecule has 224 valence electrons. The molecule has 3 N–H and O–H groups in total. The van der Waals surface area contributed by atoms with Gasteiger partial charge in [0, 0.05) is 16.0 Å². The Hall–Kier alpha value is -3.91. The largest absolute Gasteiger partial charge is 0.448 e. The van der Waals surface area contributed by atoms with E-state index in [4.69, 9.17) is 10.5 Å². The van der Waals surface area contributed by atoms with Gasteiger partial charge in [-0.15, -0.1) is 23.1 Å². The Morgan fingerprint density at radius 1 is 1.02 bits per heavy atom. The van der Waals surface area contributed by atoms with Crippen LogP contribution in [0.4, 0.5) is 0 Å². The first-order valence-electron chi connectivity index (χ1n) is 13.6. The van der Waals surface area contributed by atoms with Gasteiger partial charge in [-0.1, -0.05) is 72.4 Å². The molecule has 4 heterocycles. The summed E-state index contributed by atoms with van der Waals surface area (Å²) >= 11 is 5.55. The number of benzene rings is 2. The Balaban J connectivity index is 1.29. The maximum atomic E-state index is 14.1. The SMILES string of the molecule is NC(=O)Cc1csc(SC2=C(C(=O)OC(c3ccccc3)c3ccccc3)N3C(=O)[C@@H](NC(=O)Cc4ccsc4)[C@H]3SC2)n1. The van der Waals surface area contributed by atoms with Crippen molar-refractivity contribution in [3.05, 3.63) is 116 Å². The first-order valence-corrected chi connectivity index (χ1v) is 17.3. The molecule has 44 heavy (non-hydrogen) atoms. The van der Waals surface area contributed by atoms with E-state index in [1.54, 1.807) is 5.38 Å². The Labute approximate surface area is 269 Å². The van der Waals surface area contributed by atoms with Crippen LogP contribution >= 0.6 is 46.2 Å². The molecule has 0 saturated carbocycles. The minimum atomic E-state index is -0.762. The maximum Gasteiger partial charge on any atom is 0.356 e. The van der Waals surface area contributed by atoms with Crippen molar-refractivity contribution in [3.8, 4) is 0 Å². The van der Waals surface area contributed by atoms with Crippen LogP contribution in [-0.4, -0.2) is 50.7 Å². The van der Waals surface area contributed by atoms with E-state index in [1.807, 2.05) is 77.5 Å². The van der Waals surface area contributed by atoms with Gasteiger partial charge in [-0.2, -0.15) is 11.3 Å². The number of amides is 3. The second-order valence-electron chi connectivity index (χ2n) is 9.99. The van der Waals surface area contributed by atoms with Crippen molar-refractivity contribution in [1.82, 2.24) is 15.2 Å². The predicted molar refractivity (Wildman–Crippen MR) is 172 cm³/mol. The van der Waals surface area contributed by atoms with Crippen molar-refractivity contribution >= 4 is 69.9 Å². The van der Waals surface area contributed by atoms with E-state index in [2.05, 4.69) is 10.3 Å². The van der Waals surface area contributed by atoms with Gasteiger partial charge in [0.25, 0.3) is 5.91 Å². The van der Waals surface area contributed by atoms with Crippen LogP contribution in [0.15, 0.2) is 97.8 Å². The lowest BCUT2D eigenvalue weighted by Crippen LogP contribution is -2.70. The number of thiophene rings is 1. The summed E-state index contributed by atoms with van der Waals surface area (Å²) < 4.78 is 6.81. The monoisotopic (exact) mass is 662 g/mol. The number of ether oxygens (including phenoxy) is 1. The number of thioether (sulfide) groups is 2. The minimum Gasteiger partial charge on any atom is -0.448 e. The van der Waals surface area contributed by atoms with E-state index in [-0.39, 0.29) is 30.4 Å². The Morgan fingerprint density at radius 3 is 2.36 bits per heavy atom. The van der Waals surface area contributed by atoms with Gasteiger partial charge in [0.15, 0.2) is 10.4 Å². The summed E-state index contributed by atoms with van der Waals surface area (Å²) in [5.74, 6) is -1.38. The van der Waals surface area contributed by atoms with E-state index in [0.29, 0.717) is 20.7 Å². The highest BCUT2D eigenvalue weighted by molar-refractivity contribution is 8.07. The molecule has 1 saturated heterocycles. The number of primary amides is 1. The molecule has 2 aliphatic heterocycles. The van der Waals surface area contributed by atoms with E-state index >= 15 is 0 Å². The first kappa shape index (κ1) is 30.1. The van der Waals surface area contributed by atoms with Crippen LogP contribution in [0, 0.1) is 0 Å². The third-order valence-electron chi connectivity index (χ3n) is 6.91. The normalized spacial score (nSPS) is 17.7. The molecule has 3 amide bonds. The summed E-state index contributed by atoms with van der Waals surface area (Å²) in [7, 11) is 0. The van der Waals surface area contributed by atoms with Crippen LogP contribution in [0.3, 0.4) is 0 Å². The summed E-state index contributed by atoms with van der Waals surface area (Å²) in [6.07, 6.45) is -0.532.